The van der Waals surface area contributed by atoms with Crippen LogP contribution in [0.5, 0.6) is 0 Å². The molecule has 0 saturated carbocycles. The molecule has 0 spiro atoms. The summed E-state index contributed by atoms with van der Waals surface area (Å²) in [6.45, 7) is 6.99. The van der Waals surface area contributed by atoms with Crippen LogP contribution in [-0.4, -0.2) is 17.5 Å². The number of hydrogen-bond donors (Lipinski definition) is 1. The maximum absolute atomic E-state index is 11.6. The lowest BCUT2D eigenvalue weighted by molar-refractivity contribution is -0.154. The van der Waals surface area contributed by atoms with Gasteiger partial charge in [0.05, 0.1) is 0 Å². The van der Waals surface area contributed by atoms with Crippen LogP contribution in [0.15, 0.2) is 18.2 Å². The molecular formula is C16H22ClNO3. The number of amides is 1. The van der Waals surface area contributed by atoms with Gasteiger partial charge in [0.15, 0.2) is 0 Å². The van der Waals surface area contributed by atoms with Crippen LogP contribution in [0, 0.1) is 0 Å². The molecule has 0 radical (unpaired) electrons. The number of halogens is 1. The van der Waals surface area contributed by atoms with Crippen LogP contribution in [0.4, 0.5) is 5.69 Å². The molecule has 0 heterocycles. The van der Waals surface area contributed by atoms with Crippen molar-refractivity contribution in [1.29, 1.82) is 0 Å². The Morgan fingerprint density at radius 1 is 1.24 bits per heavy atom. The van der Waals surface area contributed by atoms with Gasteiger partial charge in [-0.3, -0.25) is 9.59 Å². The van der Waals surface area contributed by atoms with Gasteiger partial charge in [0.25, 0.3) is 0 Å². The second kappa shape index (κ2) is 7.46. The molecule has 1 aromatic carbocycles. The van der Waals surface area contributed by atoms with E-state index in [4.69, 9.17) is 16.3 Å². The molecule has 0 aliphatic rings. The SMILES string of the molecule is CC(=O)Nc1cc(Cl)cc(CCCC(=O)OC(C)(C)C)c1. The summed E-state index contributed by atoms with van der Waals surface area (Å²) in [6, 6.07) is 5.39. The highest BCUT2D eigenvalue weighted by Crippen LogP contribution is 2.21. The number of benzene rings is 1. The summed E-state index contributed by atoms with van der Waals surface area (Å²) in [6.07, 6.45) is 1.74. The van der Waals surface area contributed by atoms with Crippen LogP contribution < -0.4 is 5.32 Å². The van der Waals surface area contributed by atoms with Gasteiger partial charge < -0.3 is 10.1 Å². The third-order valence-corrected chi connectivity index (χ3v) is 2.76. The predicted octanol–water partition coefficient (Wildman–Crippen LogP) is 3.96. The van der Waals surface area contributed by atoms with Crippen LogP contribution >= 0.6 is 11.6 Å². The fraction of sp³-hybridized carbons (Fsp3) is 0.500. The number of esters is 1. The third kappa shape index (κ3) is 7.71. The minimum atomic E-state index is -0.453. The molecule has 0 saturated heterocycles. The largest absolute Gasteiger partial charge is 0.460 e. The van der Waals surface area contributed by atoms with Crippen molar-refractivity contribution in [2.24, 2.45) is 0 Å². The van der Waals surface area contributed by atoms with Gasteiger partial charge in [-0.2, -0.15) is 0 Å². The van der Waals surface area contributed by atoms with Crippen molar-refractivity contribution in [2.75, 3.05) is 5.32 Å². The van der Waals surface area contributed by atoms with E-state index in [9.17, 15) is 9.59 Å². The first-order valence-corrected chi connectivity index (χ1v) is 7.32. The van der Waals surface area contributed by atoms with Crippen LogP contribution in [-0.2, 0) is 20.7 Å². The van der Waals surface area contributed by atoms with E-state index in [0.29, 0.717) is 30.0 Å². The van der Waals surface area contributed by atoms with Gasteiger partial charge in [0.2, 0.25) is 5.91 Å². The van der Waals surface area contributed by atoms with Gasteiger partial charge in [-0.15, -0.1) is 0 Å². The number of carbonyl (C=O) groups excluding carboxylic acids is 2. The van der Waals surface area contributed by atoms with Gasteiger partial charge in [0.1, 0.15) is 5.60 Å². The number of rotatable bonds is 5. The molecule has 1 amide bonds. The highest BCUT2D eigenvalue weighted by atomic mass is 35.5. The molecule has 1 aromatic rings. The van der Waals surface area contributed by atoms with Crippen LogP contribution in [0.1, 0.15) is 46.1 Å². The van der Waals surface area contributed by atoms with Crippen LogP contribution in [0.3, 0.4) is 0 Å². The Balaban J connectivity index is 2.54. The van der Waals surface area contributed by atoms with Crippen molar-refractivity contribution >= 4 is 29.2 Å². The summed E-state index contributed by atoms with van der Waals surface area (Å²) >= 11 is 6.02. The number of carbonyl (C=O) groups is 2. The number of ether oxygens (including phenoxy) is 1. The van der Waals surface area contributed by atoms with E-state index in [1.165, 1.54) is 6.92 Å². The summed E-state index contributed by atoms with van der Waals surface area (Å²) in [4.78, 5) is 22.7. The Hall–Kier alpha value is -1.55. The van der Waals surface area contributed by atoms with Crippen LogP contribution in [0.25, 0.3) is 0 Å². The zero-order chi connectivity index (χ0) is 16.0. The summed E-state index contributed by atoms with van der Waals surface area (Å²) in [7, 11) is 0. The second-order valence-electron chi connectivity index (χ2n) is 5.97. The molecule has 1 rings (SSSR count). The molecule has 116 valence electrons. The lowest BCUT2D eigenvalue weighted by Crippen LogP contribution is -2.23. The average molecular weight is 312 g/mol. The normalized spacial score (nSPS) is 11.1. The van der Waals surface area contributed by atoms with Crippen molar-refractivity contribution in [3.8, 4) is 0 Å². The number of aryl methyl sites for hydroxylation is 1. The monoisotopic (exact) mass is 311 g/mol. The van der Waals surface area contributed by atoms with E-state index in [0.717, 1.165) is 5.56 Å². The predicted molar refractivity (Wildman–Crippen MR) is 84.5 cm³/mol. The van der Waals surface area contributed by atoms with Gasteiger partial charge in [-0.25, -0.2) is 0 Å². The van der Waals surface area contributed by atoms with E-state index in [1.54, 1.807) is 6.07 Å². The molecular weight excluding hydrogens is 290 g/mol. The summed E-state index contributed by atoms with van der Waals surface area (Å²) in [5.41, 5.74) is 1.20. The first-order valence-electron chi connectivity index (χ1n) is 6.94. The fourth-order valence-electron chi connectivity index (χ4n) is 1.90. The summed E-state index contributed by atoms with van der Waals surface area (Å²) in [5, 5.41) is 3.26. The Morgan fingerprint density at radius 3 is 2.48 bits per heavy atom. The van der Waals surface area contributed by atoms with Crippen molar-refractivity contribution in [3.05, 3.63) is 28.8 Å². The molecule has 0 aliphatic carbocycles. The zero-order valence-corrected chi connectivity index (χ0v) is 13.7. The van der Waals surface area contributed by atoms with Crippen LogP contribution in [0.2, 0.25) is 5.02 Å². The van der Waals surface area contributed by atoms with Crippen molar-refractivity contribution in [3.63, 3.8) is 0 Å². The van der Waals surface area contributed by atoms with E-state index < -0.39 is 5.60 Å². The molecule has 0 aromatic heterocycles. The number of nitrogens with one attached hydrogen (secondary N) is 1. The Labute approximate surface area is 130 Å². The smallest absolute Gasteiger partial charge is 0.306 e. The molecule has 0 fully saturated rings. The van der Waals surface area contributed by atoms with Gasteiger partial charge >= 0.3 is 5.97 Å². The zero-order valence-electron chi connectivity index (χ0n) is 13.0. The minimum absolute atomic E-state index is 0.142. The van der Waals surface area contributed by atoms with E-state index in [-0.39, 0.29) is 11.9 Å². The number of hydrogen-bond acceptors (Lipinski definition) is 3. The molecule has 4 nitrogen and oxygen atoms in total. The Bertz CT molecular complexity index is 521. The van der Waals surface area contributed by atoms with E-state index in [1.807, 2.05) is 32.9 Å². The lowest BCUT2D eigenvalue weighted by Gasteiger charge is -2.19. The van der Waals surface area contributed by atoms with E-state index in [2.05, 4.69) is 5.32 Å². The third-order valence-electron chi connectivity index (χ3n) is 2.54. The number of anilines is 1. The van der Waals surface area contributed by atoms with E-state index >= 15 is 0 Å². The lowest BCUT2D eigenvalue weighted by atomic mass is 10.1. The first kappa shape index (κ1) is 17.5. The fourth-order valence-corrected chi connectivity index (χ4v) is 2.16. The highest BCUT2D eigenvalue weighted by molar-refractivity contribution is 6.31. The first-order chi connectivity index (χ1) is 9.65. The highest BCUT2D eigenvalue weighted by Gasteiger charge is 2.15. The van der Waals surface area contributed by atoms with Crippen molar-refractivity contribution < 1.29 is 14.3 Å². The molecule has 1 N–H and O–H groups in total. The second-order valence-corrected chi connectivity index (χ2v) is 6.41. The Kier molecular flexibility index (Phi) is 6.21. The topological polar surface area (TPSA) is 55.4 Å². The van der Waals surface area contributed by atoms with Gasteiger partial charge in [-0.05, 0) is 57.4 Å². The quantitative estimate of drug-likeness (QED) is 0.837. The molecule has 0 bridgehead atoms. The average Bonchev–Trinajstić information content (AvgIpc) is 2.24. The van der Waals surface area contributed by atoms with Gasteiger partial charge in [-0.1, -0.05) is 11.6 Å². The molecule has 21 heavy (non-hydrogen) atoms. The maximum Gasteiger partial charge on any atom is 0.306 e. The summed E-state index contributed by atoms with van der Waals surface area (Å²) in [5.74, 6) is -0.344. The molecule has 0 unspecified atom stereocenters. The van der Waals surface area contributed by atoms with Gasteiger partial charge in [0, 0.05) is 24.1 Å². The standard InChI is InChI=1S/C16H22ClNO3/c1-11(19)18-14-9-12(8-13(17)10-14)6-5-7-15(20)21-16(2,3)4/h8-10H,5-7H2,1-4H3,(H,18,19). The van der Waals surface area contributed by atoms with Crippen molar-refractivity contribution in [2.45, 2.75) is 52.6 Å². The summed E-state index contributed by atoms with van der Waals surface area (Å²) < 4.78 is 5.25. The molecule has 0 atom stereocenters. The maximum atomic E-state index is 11.6. The molecule has 5 heteroatoms. The molecule has 0 aliphatic heterocycles. The van der Waals surface area contributed by atoms with Crippen molar-refractivity contribution in [1.82, 2.24) is 0 Å². The minimum Gasteiger partial charge on any atom is -0.460 e. The Morgan fingerprint density at radius 2 is 1.90 bits per heavy atom.